The summed E-state index contributed by atoms with van der Waals surface area (Å²) in [6.07, 6.45) is 6.28. The van der Waals surface area contributed by atoms with Crippen LogP contribution < -0.4 is 5.43 Å². The summed E-state index contributed by atoms with van der Waals surface area (Å²) < 4.78 is 27.1. The van der Waals surface area contributed by atoms with Gasteiger partial charge in [0, 0.05) is 18.7 Å². The second-order valence-corrected chi connectivity index (χ2v) is 8.93. The van der Waals surface area contributed by atoms with Crippen molar-refractivity contribution in [2.75, 3.05) is 13.1 Å². The van der Waals surface area contributed by atoms with Crippen LogP contribution in [0.15, 0.2) is 70.2 Å². The van der Waals surface area contributed by atoms with E-state index in [4.69, 9.17) is 0 Å². The molecule has 1 N–H and O–H groups in total. The molecule has 29 heavy (non-hydrogen) atoms. The molecule has 0 aromatic heterocycles. The van der Waals surface area contributed by atoms with E-state index in [-0.39, 0.29) is 10.5 Å². The standard InChI is InChI=1S/C22H25N3O3S/c1-18(15-19-9-4-2-5-10-19)17-23-24-22(26)20-11-8-12-21(16-20)29(27,28)25-13-6-3-7-14-25/h2,4-5,8-12,15-17H,3,6-7,13-14H2,1H3,(H,24,26). The minimum atomic E-state index is -3.58. The van der Waals surface area contributed by atoms with Crippen molar-refractivity contribution in [1.82, 2.24) is 9.73 Å². The average molecular weight is 412 g/mol. The average Bonchev–Trinajstić information content (AvgIpc) is 2.75. The normalized spacial score (nSPS) is 16.1. The third-order valence-electron chi connectivity index (χ3n) is 4.68. The van der Waals surface area contributed by atoms with E-state index >= 15 is 0 Å². The van der Waals surface area contributed by atoms with E-state index in [1.807, 2.05) is 43.3 Å². The molecule has 1 heterocycles. The topological polar surface area (TPSA) is 78.8 Å². The Hall–Kier alpha value is -2.77. The fourth-order valence-corrected chi connectivity index (χ4v) is 4.72. The molecule has 3 rings (SSSR count). The van der Waals surface area contributed by atoms with E-state index in [9.17, 15) is 13.2 Å². The van der Waals surface area contributed by atoms with Gasteiger partial charge in [0.1, 0.15) is 0 Å². The zero-order chi connectivity index (χ0) is 20.7. The molecule has 6 nitrogen and oxygen atoms in total. The number of piperidine rings is 1. The van der Waals surface area contributed by atoms with Crippen molar-refractivity contribution in [2.45, 2.75) is 31.1 Å². The van der Waals surface area contributed by atoms with Gasteiger partial charge in [-0.05, 0) is 49.1 Å². The van der Waals surface area contributed by atoms with Crippen LogP contribution in [-0.4, -0.2) is 37.9 Å². The molecule has 1 amide bonds. The Balaban J connectivity index is 1.67. The van der Waals surface area contributed by atoms with Gasteiger partial charge in [0.15, 0.2) is 0 Å². The summed E-state index contributed by atoms with van der Waals surface area (Å²) in [7, 11) is -3.58. The molecule has 1 aliphatic heterocycles. The molecule has 0 radical (unpaired) electrons. The molecule has 0 bridgehead atoms. The van der Waals surface area contributed by atoms with E-state index in [1.165, 1.54) is 16.4 Å². The minimum Gasteiger partial charge on any atom is -0.267 e. The number of carbonyl (C=O) groups excluding carboxylic acids is 1. The van der Waals surface area contributed by atoms with Crippen molar-refractivity contribution in [3.63, 3.8) is 0 Å². The van der Waals surface area contributed by atoms with E-state index in [0.717, 1.165) is 30.4 Å². The van der Waals surface area contributed by atoms with Gasteiger partial charge in [-0.1, -0.05) is 48.9 Å². The van der Waals surface area contributed by atoms with Crippen molar-refractivity contribution in [3.05, 3.63) is 71.3 Å². The highest BCUT2D eigenvalue weighted by Crippen LogP contribution is 2.21. The molecule has 0 saturated carbocycles. The van der Waals surface area contributed by atoms with Crippen LogP contribution in [0.3, 0.4) is 0 Å². The predicted octanol–water partition coefficient (Wildman–Crippen LogP) is 3.68. The maximum absolute atomic E-state index is 12.8. The van der Waals surface area contributed by atoms with Crippen LogP contribution in [0, 0.1) is 0 Å². The minimum absolute atomic E-state index is 0.135. The lowest BCUT2D eigenvalue weighted by Crippen LogP contribution is -2.35. The number of rotatable bonds is 6. The molecule has 1 fully saturated rings. The van der Waals surface area contributed by atoms with E-state index in [0.29, 0.717) is 13.1 Å². The van der Waals surface area contributed by atoms with Crippen LogP contribution in [0.4, 0.5) is 0 Å². The lowest BCUT2D eigenvalue weighted by atomic mass is 10.1. The Kier molecular flexibility index (Phi) is 6.95. The zero-order valence-corrected chi connectivity index (χ0v) is 17.2. The Labute approximate surface area is 172 Å². The summed E-state index contributed by atoms with van der Waals surface area (Å²) in [6, 6.07) is 15.9. The Morgan fingerprint density at radius 2 is 1.76 bits per heavy atom. The van der Waals surface area contributed by atoms with Gasteiger partial charge in [0.2, 0.25) is 10.0 Å². The Morgan fingerprint density at radius 3 is 2.48 bits per heavy atom. The molecule has 2 aromatic rings. The van der Waals surface area contributed by atoms with E-state index in [1.54, 1.807) is 18.3 Å². The maximum Gasteiger partial charge on any atom is 0.271 e. The van der Waals surface area contributed by atoms with Gasteiger partial charge < -0.3 is 0 Å². The number of sulfonamides is 1. The summed E-state index contributed by atoms with van der Waals surface area (Å²) in [4.78, 5) is 12.5. The summed E-state index contributed by atoms with van der Waals surface area (Å²) in [5, 5.41) is 3.97. The number of benzene rings is 2. The fraction of sp³-hybridized carbons (Fsp3) is 0.273. The predicted molar refractivity (Wildman–Crippen MR) is 115 cm³/mol. The molecule has 7 heteroatoms. The first-order chi connectivity index (χ1) is 14.0. The zero-order valence-electron chi connectivity index (χ0n) is 16.4. The highest BCUT2D eigenvalue weighted by molar-refractivity contribution is 7.89. The second-order valence-electron chi connectivity index (χ2n) is 6.99. The first kappa shape index (κ1) is 21.0. The summed E-state index contributed by atoms with van der Waals surface area (Å²) in [5.41, 5.74) is 4.62. The van der Waals surface area contributed by atoms with Gasteiger partial charge in [-0.25, -0.2) is 13.8 Å². The van der Waals surface area contributed by atoms with E-state index in [2.05, 4.69) is 10.5 Å². The highest BCUT2D eigenvalue weighted by Gasteiger charge is 2.26. The Bertz CT molecular complexity index is 1010. The van der Waals surface area contributed by atoms with Gasteiger partial charge in [0.05, 0.1) is 11.1 Å². The second kappa shape index (κ2) is 9.62. The SMILES string of the molecule is CC(C=NNC(=O)c1cccc(S(=O)(=O)N2CCCCC2)c1)=Cc1ccccc1. The van der Waals surface area contributed by atoms with Crippen LogP contribution in [0.2, 0.25) is 0 Å². The van der Waals surface area contributed by atoms with Crippen molar-refractivity contribution in [2.24, 2.45) is 5.10 Å². The third-order valence-corrected chi connectivity index (χ3v) is 6.57. The molecular formula is C22H25N3O3S. The number of hydrazone groups is 1. The lowest BCUT2D eigenvalue weighted by Gasteiger charge is -2.25. The number of hydrogen-bond donors (Lipinski definition) is 1. The van der Waals surface area contributed by atoms with Gasteiger partial charge >= 0.3 is 0 Å². The van der Waals surface area contributed by atoms with Gasteiger partial charge in [-0.3, -0.25) is 4.79 Å². The van der Waals surface area contributed by atoms with Crippen LogP contribution in [0.5, 0.6) is 0 Å². The third kappa shape index (κ3) is 5.62. The number of allylic oxidation sites excluding steroid dienone is 1. The van der Waals surface area contributed by atoms with Crippen molar-refractivity contribution in [3.8, 4) is 0 Å². The molecule has 1 aliphatic rings. The van der Waals surface area contributed by atoms with Crippen LogP contribution >= 0.6 is 0 Å². The van der Waals surface area contributed by atoms with Crippen molar-refractivity contribution < 1.29 is 13.2 Å². The Morgan fingerprint density at radius 1 is 1.03 bits per heavy atom. The van der Waals surface area contributed by atoms with Gasteiger partial charge in [0.25, 0.3) is 5.91 Å². The smallest absolute Gasteiger partial charge is 0.267 e. The molecular weight excluding hydrogens is 386 g/mol. The summed E-state index contributed by atoms with van der Waals surface area (Å²) in [5.74, 6) is -0.454. The monoisotopic (exact) mass is 411 g/mol. The van der Waals surface area contributed by atoms with Crippen molar-refractivity contribution >= 4 is 28.2 Å². The van der Waals surface area contributed by atoms with Crippen LogP contribution in [-0.2, 0) is 10.0 Å². The fourth-order valence-electron chi connectivity index (χ4n) is 3.16. The van der Waals surface area contributed by atoms with Crippen LogP contribution in [0.1, 0.15) is 42.1 Å². The first-order valence-electron chi connectivity index (χ1n) is 9.64. The van der Waals surface area contributed by atoms with Crippen molar-refractivity contribution in [1.29, 1.82) is 0 Å². The summed E-state index contributed by atoms with van der Waals surface area (Å²) in [6.45, 7) is 2.93. The largest absolute Gasteiger partial charge is 0.271 e. The number of nitrogens with zero attached hydrogens (tertiary/aromatic N) is 2. The molecule has 0 unspecified atom stereocenters. The molecule has 152 valence electrons. The molecule has 2 aromatic carbocycles. The van der Waals surface area contributed by atoms with Crippen LogP contribution in [0.25, 0.3) is 6.08 Å². The lowest BCUT2D eigenvalue weighted by molar-refractivity contribution is 0.0955. The van der Waals surface area contributed by atoms with E-state index < -0.39 is 15.9 Å². The quantitative estimate of drug-likeness (QED) is 0.582. The molecule has 1 saturated heterocycles. The van der Waals surface area contributed by atoms with Gasteiger partial charge in [-0.2, -0.15) is 9.41 Å². The number of hydrogen-bond acceptors (Lipinski definition) is 4. The molecule has 0 aliphatic carbocycles. The first-order valence-corrected chi connectivity index (χ1v) is 11.1. The maximum atomic E-state index is 12.8. The number of nitrogens with one attached hydrogen (secondary N) is 1. The number of amides is 1. The number of carbonyl (C=O) groups is 1. The molecule has 0 atom stereocenters. The molecule has 0 spiro atoms. The highest BCUT2D eigenvalue weighted by atomic mass is 32.2. The summed E-state index contributed by atoms with van der Waals surface area (Å²) >= 11 is 0. The van der Waals surface area contributed by atoms with Gasteiger partial charge in [-0.15, -0.1) is 0 Å².